The molecule has 0 aromatic heterocycles. The van der Waals surface area contributed by atoms with Gasteiger partial charge in [0, 0.05) is 45.4 Å². The number of nitrogens with zero attached hydrogens (tertiary/aromatic N) is 1. The van der Waals surface area contributed by atoms with Gasteiger partial charge < -0.3 is 10.1 Å². The van der Waals surface area contributed by atoms with Crippen LogP contribution >= 0.6 is 0 Å². The molecule has 0 amide bonds. The van der Waals surface area contributed by atoms with Gasteiger partial charge in [-0.25, -0.2) is 13.1 Å². The van der Waals surface area contributed by atoms with Crippen molar-refractivity contribution in [1.82, 2.24) is 14.9 Å². The zero-order valence-corrected chi connectivity index (χ0v) is 12.1. The third-order valence-corrected chi connectivity index (χ3v) is 4.32. The first-order valence-electron chi connectivity index (χ1n) is 6.54. The fraction of sp³-hybridized carbons (Fsp3) is 1.00. The van der Waals surface area contributed by atoms with Gasteiger partial charge in [0.1, 0.15) is 0 Å². The summed E-state index contributed by atoms with van der Waals surface area (Å²) in [6.07, 6.45) is 0. The summed E-state index contributed by atoms with van der Waals surface area (Å²) < 4.78 is 31.5. The molecule has 1 heterocycles. The second-order valence-corrected chi connectivity index (χ2v) is 6.46. The topological polar surface area (TPSA) is 70.7 Å². The summed E-state index contributed by atoms with van der Waals surface area (Å²) >= 11 is 0. The Morgan fingerprint density at radius 2 is 2.06 bits per heavy atom. The maximum absolute atomic E-state index is 11.8. The molecule has 1 unspecified atom stereocenters. The minimum Gasteiger partial charge on any atom is -0.380 e. The van der Waals surface area contributed by atoms with Gasteiger partial charge in [0.15, 0.2) is 0 Å². The fourth-order valence-corrected chi connectivity index (χ4v) is 3.18. The third kappa shape index (κ3) is 6.65. The predicted molar refractivity (Wildman–Crippen MR) is 72.2 cm³/mol. The van der Waals surface area contributed by atoms with Crippen LogP contribution in [-0.4, -0.2) is 71.0 Å². The highest BCUT2D eigenvalue weighted by molar-refractivity contribution is 7.89. The van der Waals surface area contributed by atoms with Gasteiger partial charge in [0.05, 0.1) is 12.4 Å². The second-order valence-electron chi connectivity index (χ2n) is 4.59. The van der Waals surface area contributed by atoms with E-state index in [1.54, 1.807) is 0 Å². The van der Waals surface area contributed by atoms with Gasteiger partial charge in [-0.05, 0) is 13.8 Å². The number of hydrogen-bond acceptors (Lipinski definition) is 5. The number of piperazine rings is 1. The van der Waals surface area contributed by atoms with Crippen LogP contribution in [-0.2, 0) is 14.8 Å². The SMILES string of the molecule is CCOCC(C)NS(=O)(=O)CCN1CCNCC1. The maximum atomic E-state index is 11.8. The monoisotopic (exact) mass is 279 g/mol. The molecular formula is C11H25N3O3S. The van der Waals surface area contributed by atoms with Crippen LogP contribution in [0.25, 0.3) is 0 Å². The summed E-state index contributed by atoms with van der Waals surface area (Å²) in [4.78, 5) is 2.17. The van der Waals surface area contributed by atoms with E-state index < -0.39 is 10.0 Å². The van der Waals surface area contributed by atoms with E-state index in [1.165, 1.54) is 0 Å². The average Bonchev–Trinajstić information content (AvgIpc) is 2.35. The van der Waals surface area contributed by atoms with Crippen molar-refractivity contribution in [3.63, 3.8) is 0 Å². The van der Waals surface area contributed by atoms with E-state index in [9.17, 15) is 8.42 Å². The van der Waals surface area contributed by atoms with Gasteiger partial charge in [0.25, 0.3) is 0 Å². The van der Waals surface area contributed by atoms with Gasteiger partial charge in [0.2, 0.25) is 10.0 Å². The molecule has 1 aliphatic rings. The van der Waals surface area contributed by atoms with Crippen molar-refractivity contribution in [2.24, 2.45) is 0 Å². The first-order valence-corrected chi connectivity index (χ1v) is 8.19. The van der Waals surface area contributed by atoms with E-state index in [1.807, 2.05) is 13.8 Å². The Labute approximate surface area is 110 Å². The summed E-state index contributed by atoms with van der Waals surface area (Å²) in [5, 5.41) is 3.24. The van der Waals surface area contributed by atoms with Gasteiger partial charge in [-0.15, -0.1) is 0 Å². The summed E-state index contributed by atoms with van der Waals surface area (Å²) in [6, 6.07) is -0.169. The predicted octanol–water partition coefficient (Wildman–Crippen LogP) is -0.764. The highest BCUT2D eigenvalue weighted by Gasteiger charge is 2.17. The standard InChI is InChI=1S/C11H25N3O3S/c1-3-17-10-11(2)13-18(15,16)9-8-14-6-4-12-5-7-14/h11-13H,3-10H2,1-2H3. The molecule has 0 aromatic rings. The third-order valence-electron chi connectivity index (χ3n) is 2.84. The molecule has 1 saturated heterocycles. The molecule has 1 rings (SSSR count). The van der Waals surface area contributed by atoms with Crippen molar-refractivity contribution in [3.8, 4) is 0 Å². The number of nitrogens with one attached hydrogen (secondary N) is 2. The van der Waals surface area contributed by atoms with E-state index >= 15 is 0 Å². The number of rotatable bonds is 8. The van der Waals surface area contributed by atoms with E-state index in [4.69, 9.17) is 4.74 Å². The molecule has 1 atom stereocenters. The van der Waals surface area contributed by atoms with E-state index in [0.29, 0.717) is 19.8 Å². The molecule has 0 radical (unpaired) electrons. The lowest BCUT2D eigenvalue weighted by molar-refractivity contribution is 0.133. The van der Waals surface area contributed by atoms with Crippen molar-refractivity contribution in [2.75, 3.05) is 51.7 Å². The molecule has 0 aromatic carbocycles. The quantitative estimate of drug-likeness (QED) is 0.611. The van der Waals surface area contributed by atoms with Crippen LogP contribution in [0.15, 0.2) is 0 Å². The largest absolute Gasteiger partial charge is 0.380 e. The Balaban J connectivity index is 2.25. The molecule has 1 fully saturated rings. The number of sulfonamides is 1. The highest BCUT2D eigenvalue weighted by Crippen LogP contribution is 1.96. The molecule has 0 saturated carbocycles. The summed E-state index contributed by atoms with van der Waals surface area (Å²) in [5.41, 5.74) is 0. The Kier molecular flexibility index (Phi) is 7.10. The molecule has 1 aliphatic heterocycles. The van der Waals surface area contributed by atoms with Gasteiger partial charge >= 0.3 is 0 Å². The zero-order chi connectivity index (χ0) is 13.4. The minimum absolute atomic E-state index is 0.156. The normalized spacial score (nSPS) is 19.9. The lowest BCUT2D eigenvalue weighted by atomic mass is 10.4. The Bertz CT molecular complexity index is 315. The maximum Gasteiger partial charge on any atom is 0.213 e. The second kappa shape index (κ2) is 8.06. The van der Waals surface area contributed by atoms with Crippen LogP contribution in [0.5, 0.6) is 0 Å². The molecule has 2 N–H and O–H groups in total. The summed E-state index contributed by atoms with van der Waals surface area (Å²) in [5.74, 6) is 0.156. The van der Waals surface area contributed by atoms with E-state index in [-0.39, 0.29) is 11.8 Å². The average molecular weight is 279 g/mol. The van der Waals surface area contributed by atoms with Crippen molar-refractivity contribution in [1.29, 1.82) is 0 Å². The molecule has 0 aliphatic carbocycles. The molecular weight excluding hydrogens is 254 g/mol. The summed E-state index contributed by atoms with van der Waals surface area (Å²) in [7, 11) is -3.20. The van der Waals surface area contributed by atoms with Gasteiger partial charge in [-0.3, -0.25) is 4.90 Å². The Morgan fingerprint density at radius 1 is 1.39 bits per heavy atom. The minimum atomic E-state index is -3.20. The fourth-order valence-electron chi connectivity index (χ4n) is 1.88. The Morgan fingerprint density at radius 3 is 2.67 bits per heavy atom. The van der Waals surface area contributed by atoms with E-state index in [2.05, 4.69) is 14.9 Å². The lowest BCUT2D eigenvalue weighted by Crippen LogP contribution is -2.46. The van der Waals surface area contributed by atoms with Crippen molar-refractivity contribution < 1.29 is 13.2 Å². The van der Waals surface area contributed by atoms with Crippen LogP contribution in [0.4, 0.5) is 0 Å². The highest BCUT2D eigenvalue weighted by atomic mass is 32.2. The number of ether oxygens (including phenoxy) is 1. The molecule has 7 heteroatoms. The Hall–Kier alpha value is -0.210. The smallest absolute Gasteiger partial charge is 0.213 e. The van der Waals surface area contributed by atoms with Gasteiger partial charge in [-0.1, -0.05) is 0 Å². The van der Waals surface area contributed by atoms with Crippen molar-refractivity contribution in [3.05, 3.63) is 0 Å². The lowest BCUT2D eigenvalue weighted by Gasteiger charge is -2.27. The number of hydrogen-bond donors (Lipinski definition) is 2. The van der Waals surface area contributed by atoms with Crippen LogP contribution in [0, 0.1) is 0 Å². The first-order chi connectivity index (χ1) is 8.53. The first kappa shape index (κ1) is 15.8. The molecule has 108 valence electrons. The molecule has 6 nitrogen and oxygen atoms in total. The molecule has 0 spiro atoms. The molecule has 18 heavy (non-hydrogen) atoms. The van der Waals surface area contributed by atoms with Crippen molar-refractivity contribution in [2.45, 2.75) is 19.9 Å². The summed E-state index contributed by atoms with van der Waals surface area (Å²) in [6.45, 7) is 9.05. The van der Waals surface area contributed by atoms with Crippen LogP contribution in [0.3, 0.4) is 0 Å². The van der Waals surface area contributed by atoms with Crippen LogP contribution < -0.4 is 10.0 Å². The van der Waals surface area contributed by atoms with Crippen LogP contribution in [0.1, 0.15) is 13.8 Å². The van der Waals surface area contributed by atoms with Crippen LogP contribution in [0.2, 0.25) is 0 Å². The van der Waals surface area contributed by atoms with Crippen molar-refractivity contribution >= 4 is 10.0 Å². The van der Waals surface area contributed by atoms with E-state index in [0.717, 1.165) is 26.2 Å². The zero-order valence-electron chi connectivity index (χ0n) is 11.3. The molecule has 0 bridgehead atoms. The van der Waals surface area contributed by atoms with Gasteiger partial charge in [-0.2, -0.15) is 0 Å².